The van der Waals surface area contributed by atoms with Crippen LogP contribution in [0.4, 0.5) is 4.39 Å². The SMILES string of the molecule is CCCNC(CSC)Cc1ccc(F)c(Cl)c1. The molecule has 0 aliphatic carbocycles. The van der Waals surface area contributed by atoms with E-state index in [1.54, 1.807) is 6.07 Å². The number of benzene rings is 1. The van der Waals surface area contributed by atoms with Gasteiger partial charge in [-0.05, 0) is 43.3 Å². The Morgan fingerprint density at radius 1 is 1.47 bits per heavy atom. The van der Waals surface area contributed by atoms with Crippen molar-refractivity contribution in [1.29, 1.82) is 0 Å². The van der Waals surface area contributed by atoms with E-state index in [4.69, 9.17) is 11.6 Å². The van der Waals surface area contributed by atoms with Gasteiger partial charge in [0.1, 0.15) is 5.82 Å². The predicted molar refractivity (Wildman–Crippen MR) is 75.6 cm³/mol. The van der Waals surface area contributed by atoms with Gasteiger partial charge in [0.15, 0.2) is 0 Å². The molecule has 0 fully saturated rings. The third-order valence-corrected chi connectivity index (χ3v) is 3.54. The van der Waals surface area contributed by atoms with Crippen LogP contribution in [0, 0.1) is 5.82 Å². The maximum absolute atomic E-state index is 13.0. The number of thioether (sulfide) groups is 1. The van der Waals surface area contributed by atoms with E-state index < -0.39 is 0 Å². The second-order valence-electron chi connectivity index (χ2n) is 4.06. The first-order valence-corrected chi connectivity index (χ1v) is 7.60. The Morgan fingerprint density at radius 2 is 2.24 bits per heavy atom. The fourth-order valence-electron chi connectivity index (χ4n) is 1.69. The summed E-state index contributed by atoms with van der Waals surface area (Å²) in [6.45, 7) is 3.16. The van der Waals surface area contributed by atoms with E-state index in [0.717, 1.165) is 30.7 Å². The molecule has 0 radical (unpaired) electrons. The van der Waals surface area contributed by atoms with Crippen molar-refractivity contribution in [2.24, 2.45) is 0 Å². The van der Waals surface area contributed by atoms with Crippen LogP contribution in [0.1, 0.15) is 18.9 Å². The van der Waals surface area contributed by atoms with Crippen molar-refractivity contribution in [3.8, 4) is 0 Å². The molecule has 1 nitrogen and oxygen atoms in total. The molecule has 1 aromatic carbocycles. The summed E-state index contributed by atoms with van der Waals surface area (Å²) >= 11 is 7.60. The summed E-state index contributed by atoms with van der Waals surface area (Å²) in [6, 6.07) is 5.39. The highest BCUT2D eigenvalue weighted by Crippen LogP contribution is 2.17. The first kappa shape index (κ1) is 14.8. The third-order valence-electron chi connectivity index (χ3n) is 2.52. The van der Waals surface area contributed by atoms with Gasteiger partial charge in [0.25, 0.3) is 0 Å². The van der Waals surface area contributed by atoms with Gasteiger partial charge in [-0.2, -0.15) is 11.8 Å². The lowest BCUT2D eigenvalue weighted by Gasteiger charge is -2.17. The minimum atomic E-state index is -0.349. The minimum absolute atomic E-state index is 0.209. The number of hydrogen-bond acceptors (Lipinski definition) is 2. The van der Waals surface area contributed by atoms with Gasteiger partial charge in [0, 0.05) is 11.8 Å². The van der Waals surface area contributed by atoms with Gasteiger partial charge in [-0.15, -0.1) is 0 Å². The second-order valence-corrected chi connectivity index (χ2v) is 5.38. The molecule has 0 saturated heterocycles. The molecule has 4 heteroatoms. The summed E-state index contributed by atoms with van der Waals surface area (Å²) < 4.78 is 13.0. The molecule has 17 heavy (non-hydrogen) atoms. The molecule has 96 valence electrons. The molecule has 0 saturated carbocycles. The van der Waals surface area contributed by atoms with Crippen molar-refractivity contribution in [3.05, 3.63) is 34.6 Å². The maximum atomic E-state index is 13.0. The van der Waals surface area contributed by atoms with Crippen LogP contribution in [0.3, 0.4) is 0 Å². The van der Waals surface area contributed by atoms with E-state index in [1.165, 1.54) is 6.07 Å². The highest BCUT2D eigenvalue weighted by molar-refractivity contribution is 7.98. The van der Waals surface area contributed by atoms with E-state index in [2.05, 4.69) is 18.5 Å². The van der Waals surface area contributed by atoms with Gasteiger partial charge < -0.3 is 5.32 Å². The topological polar surface area (TPSA) is 12.0 Å². The maximum Gasteiger partial charge on any atom is 0.141 e. The van der Waals surface area contributed by atoms with Crippen molar-refractivity contribution in [2.45, 2.75) is 25.8 Å². The van der Waals surface area contributed by atoms with Gasteiger partial charge in [0.05, 0.1) is 5.02 Å². The van der Waals surface area contributed by atoms with Crippen LogP contribution in [0.2, 0.25) is 5.02 Å². The standard InChI is InChI=1S/C13H19ClFNS/c1-3-6-16-11(9-17-2)7-10-4-5-13(15)12(14)8-10/h4-5,8,11,16H,3,6-7,9H2,1-2H3. The first-order chi connectivity index (χ1) is 8.17. The molecule has 1 unspecified atom stereocenters. The lowest BCUT2D eigenvalue weighted by molar-refractivity contribution is 0.549. The summed E-state index contributed by atoms with van der Waals surface area (Å²) in [4.78, 5) is 0. The summed E-state index contributed by atoms with van der Waals surface area (Å²) in [5, 5.41) is 3.70. The molecule has 0 bridgehead atoms. The Kier molecular flexibility index (Phi) is 6.93. The zero-order valence-corrected chi connectivity index (χ0v) is 11.9. The Balaban J connectivity index is 2.61. The molecule has 0 amide bonds. The average Bonchev–Trinajstić information content (AvgIpc) is 2.31. The number of nitrogens with one attached hydrogen (secondary N) is 1. The first-order valence-electron chi connectivity index (χ1n) is 5.83. The van der Waals surface area contributed by atoms with E-state index in [9.17, 15) is 4.39 Å². The van der Waals surface area contributed by atoms with Crippen LogP contribution >= 0.6 is 23.4 Å². The monoisotopic (exact) mass is 275 g/mol. The van der Waals surface area contributed by atoms with Gasteiger partial charge in [-0.3, -0.25) is 0 Å². The summed E-state index contributed by atoms with van der Waals surface area (Å²) in [5.41, 5.74) is 1.08. The fourth-order valence-corrected chi connectivity index (χ4v) is 2.53. The van der Waals surface area contributed by atoms with Gasteiger partial charge in [-0.25, -0.2) is 4.39 Å². The predicted octanol–water partition coefficient (Wildman–Crippen LogP) is 3.75. The van der Waals surface area contributed by atoms with E-state index in [-0.39, 0.29) is 10.8 Å². The molecule has 1 N–H and O–H groups in total. The van der Waals surface area contributed by atoms with Crippen molar-refractivity contribution in [1.82, 2.24) is 5.32 Å². The van der Waals surface area contributed by atoms with Crippen LogP contribution in [0.15, 0.2) is 18.2 Å². The largest absolute Gasteiger partial charge is 0.313 e. The molecule has 0 aliphatic heterocycles. The molecular weight excluding hydrogens is 257 g/mol. The normalized spacial score (nSPS) is 12.7. The van der Waals surface area contributed by atoms with Crippen LogP contribution in [0.5, 0.6) is 0 Å². The van der Waals surface area contributed by atoms with Crippen molar-refractivity contribution in [2.75, 3.05) is 18.6 Å². The summed E-state index contributed by atoms with van der Waals surface area (Å²) in [7, 11) is 0. The third kappa shape index (κ3) is 5.28. The number of hydrogen-bond donors (Lipinski definition) is 1. The summed E-state index contributed by atoms with van der Waals surface area (Å²) in [6.07, 6.45) is 4.11. The number of halogens is 2. The van der Waals surface area contributed by atoms with Gasteiger partial charge >= 0.3 is 0 Å². The highest BCUT2D eigenvalue weighted by atomic mass is 35.5. The van der Waals surface area contributed by atoms with Gasteiger partial charge in [0.2, 0.25) is 0 Å². The van der Waals surface area contributed by atoms with E-state index >= 15 is 0 Å². The van der Waals surface area contributed by atoms with Crippen LogP contribution in [-0.2, 0) is 6.42 Å². The smallest absolute Gasteiger partial charge is 0.141 e. The zero-order chi connectivity index (χ0) is 12.7. The lowest BCUT2D eigenvalue weighted by Crippen LogP contribution is -2.33. The Hall–Kier alpha value is -0.250. The summed E-state index contributed by atoms with van der Waals surface area (Å²) in [5.74, 6) is 0.702. The molecule has 0 heterocycles. The van der Waals surface area contributed by atoms with Crippen molar-refractivity contribution >= 4 is 23.4 Å². The second kappa shape index (κ2) is 7.96. The molecule has 1 aromatic rings. The molecule has 0 aromatic heterocycles. The average molecular weight is 276 g/mol. The zero-order valence-electron chi connectivity index (χ0n) is 10.3. The van der Waals surface area contributed by atoms with Crippen molar-refractivity contribution in [3.63, 3.8) is 0 Å². The molecule has 0 aliphatic rings. The highest BCUT2D eigenvalue weighted by Gasteiger charge is 2.09. The van der Waals surface area contributed by atoms with Crippen LogP contribution < -0.4 is 5.32 Å². The Bertz CT molecular complexity index is 346. The minimum Gasteiger partial charge on any atom is -0.313 e. The van der Waals surface area contributed by atoms with Crippen molar-refractivity contribution < 1.29 is 4.39 Å². The Labute approximate surface area is 112 Å². The molecule has 1 rings (SSSR count). The molecular formula is C13H19ClFNS. The molecule has 0 spiro atoms. The van der Waals surface area contributed by atoms with Crippen LogP contribution in [0.25, 0.3) is 0 Å². The lowest BCUT2D eigenvalue weighted by atomic mass is 10.1. The molecule has 1 atom stereocenters. The number of rotatable bonds is 7. The fraction of sp³-hybridized carbons (Fsp3) is 0.538. The Morgan fingerprint density at radius 3 is 2.82 bits per heavy atom. The quantitative estimate of drug-likeness (QED) is 0.813. The van der Waals surface area contributed by atoms with E-state index in [0.29, 0.717) is 6.04 Å². The van der Waals surface area contributed by atoms with Crippen LogP contribution in [-0.4, -0.2) is 24.6 Å². The van der Waals surface area contributed by atoms with Gasteiger partial charge in [-0.1, -0.05) is 24.6 Å². The van der Waals surface area contributed by atoms with E-state index in [1.807, 2.05) is 17.8 Å².